The quantitative estimate of drug-likeness (QED) is 0.421. The number of likely N-dealkylation sites (N-methyl/N-ethyl adjacent to an activating group) is 1. The molecule has 1 atom stereocenters. The van der Waals surface area contributed by atoms with Gasteiger partial charge in [-0.3, -0.25) is 4.57 Å². The molecule has 178 valence electrons. The number of aryl methyl sites for hydroxylation is 1. The number of hydrogen-bond donors (Lipinski definition) is 2. The fraction of sp³-hybridized carbons (Fsp3) is 0.333. The van der Waals surface area contributed by atoms with Gasteiger partial charge in [0.1, 0.15) is 12.7 Å². The average molecular weight is 480 g/mol. The molecule has 1 aliphatic rings. The number of fused-ring (bicyclic) bond motifs is 1. The molecule has 9 nitrogen and oxygen atoms in total. The molecule has 0 amide bonds. The highest BCUT2D eigenvalue weighted by Gasteiger charge is 2.25. The van der Waals surface area contributed by atoms with Crippen molar-refractivity contribution < 1.29 is 8.42 Å². The molecule has 4 aromatic rings. The number of nitrogens with two attached hydrogens (primary N) is 1. The van der Waals surface area contributed by atoms with Crippen LogP contribution in [-0.4, -0.2) is 65.8 Å². The maximum Gasteiger partial charge on any atom is 0.238 e. The van der Waals surface area contributed by atoms with Crippen LogP contribution in [-0.2, 0) is 16.4 Å². The molecule has 1 unspecified atom stereocenters. The summed E-state index contributed by atoms with van der Waals surface area (Å²) in [6.45, 7) is 2.86. The summed E-state index contributed by atoms with van der Waals surface area (Å²) in [5.41, 5.74) is 4.51. The largest absolute Gasteiger partial charge is 0.366 e. The first-order chi connectivity index (χ1) is 16.4. The molecule has 0 radical (unpaired) electrons. The van der Waals surface area contributed by atoms with Crippen LogP contribution in [0.3, 0.4) is 0 Å². The third kappa shape index (κ3) is 4.70. The Hall–Kier alpha value is -3.21. The molecule has 5 rings (SSSR count). The molecule has 1 saturated heterocycles. The fourth-order valence-electron chi connectivity index (χ4n) is 4.82. The van der Waals surface area contributed by atoms with Crippen LogP contribution >= 0.6 is 0 Å². The summed E-state index contributed by atoms with van der Waals surface area (Å²) in [5, 5.41) is 14.3. The number of anilines is 1. The van der Waals surface area contributed by atoms with E-state index >= 15 is 0 Å². The van der Waals surface area contributed by atoms with Crippen molar-refractivity contribution in [3.05, 3.63) is 66.9 Å². The Morgan fingerprint density at radius 1 is 1.06 bits per heavy atom. The molecule has 3 heterocycles. The van der Waals surface area contributed by atoms with Gasteiger partial charge in [0.2, 0.25) is 10.0 Å². The lowest BCUT2D eigenvalue weighted by atomic mass is 10.0. The van der Waals surface area contributed by atoms with Gasteiger partial charge in [0, 0.05) is 54.2 Å². The first-order valence-corrected chi connectivity index (χ1v) is 13.0. The number of benzene rings is 2. The Bertz CT molecular complexity index is 1360. The van der Waals surface area contributed by atoms with Crippen molar-refractivity contribution in [2.45, 2.75) is 30.2 Å². The zero-order valence-corrected chi connectivity index (χ0v) is 19.9. The van der Waals surface area contributed by atoms with Crippen molar-refractivity contribution >= 4 is 26.6 Å². The molecular formula is C24H29N7O2S. The Kier molecular flexibility index (Phi) is 6.11. The predicted octanol–water partition coefficient (Wildman–Crippen LogP) is 2.54. The van der Waals surface area contributed by atoms with Crippen molar-refractivity contribution in [2.75, 3.05) is 31.6 Å². The number of sulfonamides is 1. The van der Waals surface area contributed by atoms with Crippen LogP contribution in [0.1, 0.15) is 18.4 Å². The minimum atomic E-state index is -3.69. The van der Waals surface area contributed by atoms with Gasteiger partial charge < -0.3 is 14.8 Å². The van der Waals surface area contributed by atoms with Gasteiger partial charge in [0.05, 0.1) is 4.90 Å². The summed E-state index contributed by atoms with van der Waals surface area (Å²) in [6, 6.07) is 13.6. The minimum Gasteiger partial charge on any atom is -0.366 e. The van der Waals surface area contributed by atoms with E-state index < -0.39 is 10.0 Å². The maximum atomic E-state index is 11.6. The Labute approximate surface area is 199 Å². The number of hydrogen-bond acceptors (Lipinski definition) is 6. The second kappa shape index (κ2) is 9.21. The van der Waals surface area contributed by atoms with Crippen LogP contribution in [0.25, 0.3) is 16.6 Å². The van der Waals surface area contributed by atoms with E-state index in [4.69, 9.17) is 5.14 Å². The number of nitrogens with one attached hydrogen (secondary N) is 1. The zero-order valence-electron chi connectivity index (χ0n) is 19.1. The van der Waals surface area contributed by atoms with Gasteiger partial charge in [-0.25, -0.2) is 13.6 Å². The van der Waals surface area contributed by atoms with Crippen LogP contribution in [0.15, 0.2) is 66.2 Å². The molecule has 1 fully saturated rings. The highest BCUT2D eigenvalue weighted by Crippen LogP contribution is 2.27. The van der Waals surface area contributed by atoms with E-state index in [0.717, 1.165) is 55.8 Å². The van der Waals surface area contributed by atoms with E-state index in [0.29, 0.717) is 6.04 Å². The lowest BCUT2D eigenvalue weighted by Crippen LogP contribution is -2.52. The van der Waals surface area contributed by atoms with E-state index in [9.17, 15) is 8.42 Å². The molecular weight excluding hydrogens is 450 g/mol. The SMILES string of the molecule is CN1CCN(c2ccc(S(N)(=O)=O)cc2)C(CCCc2c[nH]c3ccc(-n4cnnc4)cc23)C1. The summed E-state index contributed by atoms with van der Waals surface area (Å²) in [6.07, 6.45) is 8.59. The summed E-state index contributed by atoms with van der Waals surface area (Å²) < 4.78 is 25.1. The molecule has 2 aromatic carbocycles. The van der Waals surface area contributed by atoms with Gasteiger partial charge in [-0.05, 0) is 74.3 Å². The smallest absolute Gasteiger partial charge is 0.238 e. The Balaban J connectivity index is 1.29. The third-order valence-electron chi connectivity index (χ3n) is 6.63. The summed E-state index contributed by atoms with van der Waals surface area (Å²) in [4.78, 5) is 8.29. The monoisotopic (exact) mass is 479 g/mol. The average Bonchev–Trinajstić information content (AvgIpc) is 3.49. The number of H-pyrrole nitrogens is 1. The highest BCUT2D eigenvalue weighted by molar-refractivity contribution is 7.89. The first kappa shape index (κ1) is 22.6. The van der Waals surface area contributed by atoms with E-state index in [2.05, 4.69) is 56.4 Å². The molecule has 3 N–H and O–H groups in total. The van der Waals surface area contributed by atoms with Crippen molar-refractivity contribution in [2.24, 2.45) is 5.14 Å². The highest BCUT2D eigenvalue weighted by atomic mass is 32.2. The number of aromatic nitrogens is 4. The lowest BCUT2D eigenvalue weighted by Gasteiger charge is -2.41. The topological polar surface area (TPSA) is 113 Å². The van der Waals surface area contributed by atoms with Gasteiger partial charge in [-0.2, -0.15) is 0 Å². The lowest BCUT2D eigenvalue weighted by molar-refractivity contribution is 0.258. The number of rotatable bonds is 7. The van der Waals surface area contributed by atoms with Crippen LogP contribution in [0.4, 0.5) is 5.69 Å². The standard InChI is InChI=1S/C24H29N7O2S/c1-29-11-12-31(19-5-8-22(9-6-19)34(25,32)33)21(15-29)4-2-3-18-14-26-24-10-7-20(13-23(18)24)30-16-27-28-17-30/h5-10,13-14,16-17,21,26H,2-4,11-12,15H2,1H3,(H2,25,32,33). The molecule has 0 aliphatic carbocycles. The molecule has 10 heteroatoms. The molecule has 0 saturated carbocycles. The maximum absolute atomic E-state index is 11.6. The van der Waals surface area contributed by atoms with Crippen LogP contribution in [0.2, 0.25) is 0 Å². The van der Waals surface area contributed by atoms with Gasteiger partial charge in [0.15, 0.2) is 0 Å². The molecule has 2 aromatic heterocycles. The predicted molar refractivity (Wildman–Crippen MR) is 133 cm³/mol. The van der Waals surface area contributed by atoms with Gasteiger partial charge in [0.25, 0.3) is 0 Å². The third-order valence-corrected chi connectivity index (χ3v) is 7.56. The zero-order chi connectivity index (χ0) is 23.7. The van der Waals surface area contributed by atoms with Gasteiger partial charge in [-0.15, -0.1) is 10.2 Å². The first-order valence-electron chi connectivity index (χ1n) is 11.4. The van der Waals surface area contributed by atoms with Crippen LogP contribution in [0.5, 0.6) is 0 Å². The van der Waals surface area contributed by atoms with Crippen molar-refractivity contribution in [3.8, 4) is 5.69 Å². The number of primary sulfonamides is 1. The Morgan fingerprint density at radius 3 is 2.53 bits per heavy atom. The van der Waals surface area contributed by atoms with E-state index in [1.54, 1.807) is 24.8 Å². The van der Waals surface area contributed by atoms with Crippen molar-refractivity contribution in [1.82, 2.24) is 24.6 Å². The van der Waals surface area contributed by atoms with Crippen molar-refractivity contribution in [3.63, 3.8) is 0 Å². The minimum absolute atomic E-state index is 0.145. The van der Waals surface area contributed by atoms with Gasteiger partial charge >= 0.3 is 0 Å². The molecule has 1 aliphatic heterocycles. The van der Waals surface area contributed by atoms with Crippen LogP contribution < -0.4 is 10.0 Å². The van der Waals surface area contributed by atoms with Gasteiger partial charge in [-0.1, -0.05) is 0 Å². The summed E-state index contributed by atoms with van der Waals surface area (Å²) in [5.74, 6) is 0. The van der Waals surface area contributed by atoms with Crippen LogP contribution in [0, 0.1) is 0 Å². The summed E-state index contributed by atoms with van der Waals surface area (Å²) >= 11 is 0. The van der Waals surface area contributed by atoms with Crippen molar-refractivity contribution in [1.29, 1.82) is 0 Å². The Morgan fingerprint density at radius 2 is 1.79 bits per heavy atom. The number of piperazine rings is 1. The molecule has 0 spiro atoms. The second-order valence-electron chi connectivity index (χ2n) is 8.95. The van der Waals surface area contributed by atoms with E-state index in [1.165, 1.54) is 10.9 Å². The number of nitrogens with zero attached hydrogens (tertiary/aromatic N) is 5. The number of aromatic amines is 1. The summed E-state index contributed by atoms with van der Waals surface area (Å²) in [7, 11) is -1.53. The van der Waals surface area contributed by atoms with E-state index in [1.807, 2.05) is 16.7 Å². The molecule has 0 bridgehead atoms. The van der Waals surface area contributed by atoms with E-state index in [-0.39, 0.29) is 4.90 Å². The fourth-order valence-corrected chi connectivity index (χ4v) is 5.34. The normalized spacial score (nSPS) is 17.5. The molecule has 34 heavy (non-hydrogen) atoms. The second-order valence-corrected chi connectivity index (χ2v) is 10.5.